The highest BCUT2D eigenvalue weighted by Crippen LogP contribution is 2.34. The molecule has 1 saturated heterocycles. The highest BCUT2D eigenvalue weighted by Gasteiger charge is 2.27. The van der Waals surface area contributed by atoms with E-state index in [2.05, 4.69) is 34.3 Å². The van der Waals surface area contributed by atoms with Crippen LogP contribution in [0.4, 0.5) is 5.69 Å². The van der Waals surface area contributed by atoms with Gasteiger partial charge in [-0.1, -0.05) is 30.3 Å². The first kappa shape index (κ1) is 21.0. The Labute approximate surface area is 189 Å². The summed E-state index contributed by atoms with van der Waals surface area (Å²) in [5, 5.41) is 17.1. The molecule has 1 fully saturated rings. The number of nitrogens with one attached hydrogen (secondary N) is 2. The molecule has 0 saturated carbocycles. The Morgan fingerprint density at radius 2 is 1.94 bits per heavy atom. The molecule has 0 aliphatic carbocycles. The molecule has 168 valence electrons. The lowest BCUT2D eigenvalue weighted by molar-refractivity contribution is -0.138. The number of hydrogen-bond donors (Lipinski definition) is 3. The minimum atomic E-state index is -0.797. The van der Waals surface area contributed by atoms with Crippen LogP contribution in [-0.2, 0) is 24.2 Å². The lowest BCUT2D eigenvalue weighted by Crippen LogP contribution is -2.30. The van der Waals surface area contributed by atoms with Crippen LogP contribution in [0.1, 0.15) is 49.1 Å². The van der Waals surface area contributed by atoms with Gasteiger partial charge in [0.15, 0.2) is 0 Å². The van der Waals surface area contributed by atoms with Gasteiger partial charge in [-0.15, -0.1) is 0 Å². The molecule has 3 heterocycles. The molecular formula is C26H32N4O2. The molecule has 2 aliphatic heterocycles. The van der Waals surface area contributed by atoms with E-state index >= 15 is 0 Å². The monoisotopic (exact) mass is 432 g/mol. The van der Waals surface area contributed by atoms with Gasteiger partial charge in [-0.2, -0.15) is 0 Å². The van der Waals surface area contributed by atoms with Gasteiger partial charge in [-0.05, 0) is 69.3 Å². The van der Waals surface area contributed by atoms with Gasteiger partial charge in [-0.3, -0.25) is 4.79 Å². The van der Waals surface area contributed by atoms with Crippen molar-refractivity contribution < 1.29 is 9.90 Å². The number of carboxylic acids is 1. The number of rotatable bonds is 6. The molecule has 3 N–H and O–H groups in total. The molecule has 1 aromatic heterocycles. The van der Waals surface area contributed by atoms with Crippen LogP contribution in [-0.4, -0.2) is 39.8 Å². The summed E-state index contributed by atoms with van der Waals surface area (Å²) in [4.78, 5) is 17.3. The van der Waals surface area contributed by atoms with Crippen LogP contribution in [0.15, 0.2) is 42.5 Å². The van der Waals surface area contributed by atoms with Crippen molar-refractivity contribution in [2.45, 2.75) is 57.5 Å². The van der Waals surface area contributed by atoms with Crippen molar-refractivity contribution in [2.24, 2.45) is 5.92 Å². The maximum Gasteiger partial charge on any atom is 0.311 e. The first-order chi connectivity index (χ1) is 15.6. The number of carboxylic acid groups (broad SMARTS) is 1. The van der Waals surface area contributed by atoms with E-state index in [1.807, 2.05) is 30.3 Å². The minimum absolute atomic E-state index is 0.400. The Morgan fingerprint density at radius 1 is 1.16 bits per heavy atom. The van der Waals surface area contributed by atoms with Crippen LogP contribution < -0.4 is 10.6 Å². The summed E-state index contributed by atoms with van der Waals surface area (Å²) in [6.45, 7) is 5.21. The molecule has 2 aliphatic rings. The minimum Gasteiger partial charge on any atom is -0.481 e. The molecule has 6 nitrogen and oxygen atoms in total. The van der Waals surface area contributed by atoms with E-state index in [4.69, 9.17) is 4.98 Å². The normalized spacial score (nSPS) is 20.0. The largest absolute Gasteiger partial charge is 0.481 e. The zero-order valence-electron chi connectivity index (χ0n) is 18.7. The number of aliphatic carboxylic acids is 1. The van der Waals surface area contributed by atoms with Crippen molar-refractivity contribution >= 4 is 22.7 Å². The molecule has 0 amide bonds. The maximum absolute atomic E-state index is 12.2. The van der Waals surface area contributed by atoms with E-state index < -0.39 is 11.9 Å². The van der Waals surface area contributed by atoms with Crippen molar-refractivity contribution in [3.8, 4) is 0 Å². The first-order valence-electron chi connectivity index (χ1n) is 11.9. The fourth-order valence-electron chi connectivity index (χ4n) is 5.28. The number of aromatic nitrogens is 2. The van der Waals surface area contributed by atoms with Crippen LogP contribution in [0.3, 0.4) is 0 Å². The summed E-state index contributed by atoms with van der Waals surface area (Å²) in [5.74, 6) is 0.0753. The Bertz CT molecular complexity index is 1100. The number of nitrogens with zero attached hydrogens (tertiary/aromatic N) is 2. The summed E-state index contributed by atoms with van der Waals surface area (Å²) in [5.41, 5.74) is 5.47. The van der Waals surface area contributed by atoms with Gasteiger partial charge < -0.3 is 20.3 Å². The summed E-state index contributed by atoms with van der Waals surface area (Å²) in [6.07, 6.45) is 4.78. The number of imidazole rings is 1. The van der Waals surface area contributed by atoms with Gasteiger partial charge in [0, 0.05) is 30.3 Å². The molecule has 1 unspecified atom stereocenters. The summed E-state index contributed by atoms with van der Waals surface area (Å²) < 4.78 is 2.32. The van der Waals surface area contributed by atoms with Gasteiger partial charge in [0.1, 0.15) is 5.82 Å². The average molecular weight is 433 g/mol. The molecule has 2 aromatic carbocycles. The van der Waals surface area contributed by atoms with Gasteiger partial charge in [-0.25, -0.2) is 4.98 Å². The standard InChI is InChI=1S/C26H32N4O2/c1-17-7-8-20-22(28-17)9-10-23-25(20)29-24(30(23)16-18-11-13-27-14-12-18)15-21(26(31)32)19-5-3-2-4-6-19/h2-6,9-10,17-18,21,27-28H,7-8,11-16H2,1H3,(H,31,32)/t17-,21?/m0/s1. The number of benzene rings is 2. The molecule has 6 heteroatoms. The molecule has 2 atom stereocenters. The summed E-state index contributed by atoms with van der Waals surface area (Å²) >= 11 is 0. The van der Waals surface area contributed by atoms with Gasteiger partial charge in [0.05, 0.1) is 17.0 Å². The zero-order chi connectivity index (χ0) is 22.1. The van der Waals surface area contributed by atoms with Crippen LogP contribution in [0.2, 0.25) is 0 Å². The number of carbonyl (C=O) groups is 1. The SMILES string of the molecule is C[C@H]1CCc2c(ccc3c2nc(CC(C(=O)O)c2ccccc2)n3CC2CCNCC2)N1. The number of aryl methyl sites for hydroxylation is 1. The van der Waals surface area contributed by atoms with Gasteiger partial charge >= 0.3 is 5.97 Å². The maximum atomic E-state index is 12.2. The predicted molar refractivity (Wildman–Crippen MR) is 127 cm³/mol. The Balaban J connectivity index is 1.57. The topological polar surface area (TPSA) is 79.2 Å². The number of piperidine rings is 1. The van der Waals surface area contributed by atoms with Crippen LogP contribution >= 0.6 is 0 Å². The lowest BCUT2D eigenvalue weighted by atomic mass is 9.95. The third-order valence-electron chi connectivity index (χ3n) is 7.12. The van der Waals surface area contributed by atoms with Crippen LogP contribution in [0.25, 0.3) is 11.0 Å². The van der Waals surface area contributed by atoms with Crippen molar-refractivity contribution in [2.75, 3.05) is 18.4 Å². The highest BCUT2D eigenvalue weighted by atomic mass is 16.4. The molecule has 5 rings (SSSR count). The second kappa shape index (κ2) is 8.94. The van der Waals surface area contributed by atoms with E-state index in [1.54, 1.807) is 0 Å². The predicted octanol–water partition coefficient (Wildman–Crippen LogP) is 4.19. The number of hydrogen-bond acceptors (Lipinski definition) is 4. The van der Waals surface area contributed by atoms with Gasteiger partial charge in [0.25, 0.3) is 0 Å². The van der Waals surface area contributed by atoms with Crippen molar-refractivity contribution in [1.29, 1.82) is 0 Å². The van der Waals surface area contributed by atoms with Crippen LogP contribution in [0, 0.1) is 5.92 Å². The zero-order valence-corrected chi connectivity index (χ0v) is 18.7. The van der Waals surface area contributed by atoms with Gasteiger partial charge in [0.2, 0.25) is 0 Å². The molecule has 32 heavy (non-hydrogen) atoms. The van der Waals surface area contributed by atoms with E-state index in [1.165, 1.54) is 11.3 Å². The molecule has 0 radical (unpaired) electrons. The van der Waals surface area contributed by atoms with Crippen LogP contribution in [0.5, 0.6) is 0 Å². The smallest absolute Gasteiger partial charge is 0.311 e. The van der Waals surface area contributed by atoms with E-state index in [0.717, 1.165) is 67.7 Å². The number of anilines is 1. The first-order valence-corrected chi connectivity index (χ1v) is 11.9. The fourth-order valence-corrected chi connectivity index (χ4v) is 5.28. The van der Waals surface area contributed by atoms with E-state index in [0.29, 0.717) is 18.4 Å². The number of fused-ring (bicyclic) bond motifs is 3. The van der Waals surface area contributed by atoms with Crippen molar-refractivity contribution in [3.05, 3.63) is 59.4 Å². The molecule has 0 bridgehead atoms. The van der Waals surface area contributed by atoms with Crippen molar-refractivity contribution in [3.63, 3.8) is 0 Å². The quantitative estimate of drug-likeness (QED) is 0.544. The summed E-state index contributed by atoms with van der Waals surface area (Å²) in [6, 6.07) is 14.4. The second-order valence-electron chi connectivity index (χ2n) is 9.38. The third kappa shape index (κ3) is 4.11. The second-order valence-corrected chi connectivity index (χ2v) is 9.38. The molecule has 3 aromatic rings. The highest BCUT2D eigenvalue weighted by molar-refractivity contribution is 5.86. The third-order valence-corrected chi connectivity index (χ3v) is 7.12. The average Bonchev–Trinajstić information content (AvgIpc) is 3.15. The van der Waals surface area contributed by atoms with E-state index in [9.17, 15) is 9.90 Å². The Morgan fingerprint density at radius 3 is 2.69 bits per heavy atom. The summed E-state index contributed by atoms with van der Waals surface area (Å²) in [7, 11) is 0. The molecular weight excluding hydrogens is 400 g/mol. The lowest BCUT2D eigenvalue weighted by Gasteiger charge is -2.25. The Kier molecular flexibility index (Phi) is 5.87. The Hall–Kier alpha value is -2.86. The fraction of sp³-hybridized carbons (Fsp3) is 0.462. The molecule has 0 spiro atoms. The van der Waals surface area contributed by atoms with E-state index in [-0.39, 0.29) is 0 Å². The van der Waals surface area contributed by atoms with Crippen molar-refractivity contribution in [1.82, 2.24) is 14.9 Å².